The molecule has 0 atom stereocenters. The van der Waals surface area contributed by atoms with E-state index < -0.39 is 17.2 Å². The molecule has 1 heterocycles. The Morgan fingerprint density at radius 3 is 2.67 bits per heavy atom. The summed E-state index contributed by atoms with van der Waals surface area (Å²) in [4.78, 5) is 11.4. The van der Waals surface area contributed by atoms with E-state index in [0.717, 1.165) is 5.01 Å². The zero-order chi connectivity index (χ0) is 13.3. The third-order valence-corrected chi connectivity index (χ3v) is 3.54. The van der Waals surface area contributed by atoms with Crippen LogP contribution in [-0.2, 0) is 4.79 Å². The smallest absolute Gasteiger partial charge is 0.259 e. The first-order chi connectivity index (χ1) is 8.50. The highest BCUT2D eigenvalue weighted by molar-refractivity contribution is 8.23. The first-order valence-electron chi connectivity index (χ1n) is 4.78. The van der Waals surface area contributed by atoms with Gasteiger partial charge in [0.05, 0.1) is 12.0 Å². The van der Waals surface area contributed by atoms with Gasteiger partial charge in [0, 0.05) is 5.56 Å². The van der Waals surface area contributed by atoms with Gasteiger partial charge in [0.2, 0.25) is 5.75 Å². The summed E-state index contributed by atoms with van der Waals surface area (Å²) in [5.74, 6) is -1.59. The highest BCUT2D eigenvalue weighted by Crippen LogP contribution is 2.36. The van der Waals surface area contributed by atoms with Gasteiger partial charge in [0.1, 0.15) is 0 Å². The van der Waals surface area contributed by atoms with Gasteiger partial charge >= 0.3 is 0 Å². The number of aromatic hydroxyl groups is 3. The molecule has 0 radical (unpaired) electrons. The number of phenolic OH excluding ortho intramolecular Hbond substituents is 3. The van der Waals surface area contributed by atoms with Crippen LogP contribution in [0.15, 0.2) is 17.2 Å². The molecule has 1 amide bonds. The van der Waals surface area contributed by atoms with Crippen LogP contribution < -0.4 is 0 Å². The van der Waals surface area contributed by atoms with E-state index in [1.807, 2.05) is 0 Å². The number of nitrogens with zero attached hydrogens (tertiary/aromatic N) is 2. The highest BCUT2D eigenvalue weighted by atomic mass is 32.2. The van der Waals surface area contributed by atoms with Crippen molar-refractivity contribution in [2.75, 3.05) is 5.75 Å². The summed E-state index contributed by atoms with van der Waals surface area (Å²) < 4.78 is 0.332. The molecule has 1 aromatic rings. The molecule has 6 nitrogen and oxygen atoms in total. The van der Waals surface area contributed by atoms with Crippen molar-refractivity contribution < 1.29 is 20.1 Å². The van der Waals surface area contributed by atoms with Crippen LogP contribution in [-0.4, -0.2) is 42.5 Å². The Labute approximate surface area is 112 Å². The average Bonchev–Trinajstić information content (AvgIpc) is 2.66. The van der Waals surface area contributed by atoms with E-state index in [9.17, 15) is 15.0 Å². The number of hydrogen-bond donors (Lipinski definition) is 3. The molecule has 0 aromatic heterocycles. The molecule has 1 aromatic carbocycles. The van der Waals surface area contributed by atoms with E-state index in [4.69, 9.17) is 17.3 Å². The lowest BCUT2D eigenvalue weighted by Gasteiger charge is -2.07. The minimum atomic E-state index is -0.636. The predicted molar refractivity (Wildman–Crippen MR) is 70.9 cm³/mol. The SMILES string of the molecule is O=C1CSC(=S)N1N=Cc1ccc(O)c(O)c1O. The van der Waals surface area contributed by atoms with Crippen molar-refractivity contribution in [1.82, 2.24) is 5.01 Å². The molecule has 1 saturated heterocycles. The number of benzene rings is 1. The van der Waals surface area contributed by atoms with Crippen molar-refractivity contribution in [3.05, 3.63) is 17.7 Å². The first kappa shape index (κ1) is 12.7. The number of carbonyl (C=O) groups is 1. The minimum absolute atomic E-state index is 0.165. The minimum Gasteiger partial charge on any atom is -0.504 e. The Bertz CT molecular complexity index is 543. The van der Waals surface area contributed by atoms with Crippen molar-refractivity contribution in [1.29, 1.82) is 0 Å². The molecule has 2 rings (SSSR count). The number of thioether (sulfide) groups is 1. The summed E-state index contributed by atoms with van der Waals surface area (Å²) in [7, 11) is 0. The van der Waals surface area contributed by atoms with Gasteiger partial charge in [0.15, 0.2) is 15.8 Å². The molecule has 8 heteroatoms. The monoisotopic (exact) mass is 284 g/mol. The van der Waals surface area contributed by atoms with Gasteiger partial charge in [-0.25, -0.2) is 0 Å². The van der Waals surface area contributed by atoms with Crippen molar-refractivity contribution >= 4 is 40.4 Å². The Morgan fingerprint density at radius 2 is 2.06 bits per heavy atom. The van der Waals surface area contributed by atoms with E-state index in [2.05, 4.69) is 5.10 Å². The Morgan fingerprint density at radius 1 is 1.33 bits per heavy atom. The van der Waals surface area contributed by atoms with E-state index in [1.165, 1.54) is 30.1 Å². The van der Waals surface area contributed by atoms with Gasteiger partial charge in [-0.05, 0) is 12.1 Å². The fourth-order valence-corrected chi connectivity index (χ4v) is 2.23. The number of amides is 1. The lowest BCUT2D eigenvalue weighted by molar-refractivity contribution is -0.123. The number of carbonyl (C=O) groups excluding carboxylic acids is 1. The standard InChI is InChI=1S/C10H8N2O4S2/c13-6-2-1-5(8(15)9(6)16)3-11-12-7(14)4-18-10(12)17/h1-3,13,15-16H,4H2. The summed E-state index contributed by atoms with van der Waals surface area (Å²) in [5.41, 5.74) is 0.165. The van der Waals surface area contributed by atoms with Crippen LogP contribution in [0.2, 0.25) is 0 Å². The van der Waals surface area contributed by atoms with Gasteiger partial charge in [-0.2, -0.15) is 10.1 Å². The van der Waals surface area contributed by atoms with Crippen molar-refractivity contribution in [3.63, 3.8) is 0 Å². The third-order valence-electron chi connectivity index (χ3n) is 2.20. The summed E-state index contributed by atoms with van der Waals surface area (Å²) >= 11 is 6.12. The molecule has 0 aliphatic carbocycles. The number of hydrogen-bond acceptors (Lipinski definition) is 7. The zero-order valence-corrected chi connectivity index (χ0v) is 10.5. The number of hydrazone groups is 1. The molecule has 94 valence electrons. The molecular formula is C10H8N2O4S2. The summed E-state index contributed by atoms with van der Waals surface area (Å²) in [6.45, 7) is 0. The van der Waals surface area contributed by atoms with Crippen molar-refractivity contribution in [3.8, 4) is 17.2 Å². The Balaban J connectivity index is 2.27. The van der Waals surface area contributed by atoms with Gasteiger partial charge in [0.25, 0.3) is 5.91 Å². The molecule has 0 saturated carbocycles. The topological polar surface area (TPSA) is 93.4 Å². The molecule has 1 aliphatic heterocycles. The molecule has 0 bridgehead atoms. The van der Waals surface area contributed by atoms with Crippen LogP contribution in [0.5, 0.6) is 17.2 Å². The summed E-state index contributed by atoms with van der Waals surface area (Å²) in [6, 6.07) is 2.56. The van der Waals surface area contributed by atoms with E-state index in [-0.39, 0.29) is 17.2 Å². The molecular weight excluding hydrogens is 276 g/mol. The maximum absolute atomic E-state index is 11.4. The van der Waals surface area contributed by atoms with Gasteiger partial charge in [-0.3, -0.25) is 4.79 Å². The predicted octanol–water partition coefficient (Wildman–Crippen LogP) is 0.998. The van der Waals surface area contributed by atoms with Gasteiger partial charge in [-0.1, -0.05) is 24.0 Å². The van der Waals surface area contributed by atoms with Crippen LogP contribution in [0.25, 0.3) is 0 Å². The lowest BCUT2D eigenvalue weighted by atomic mass is 10.2. The second kappa shape index (κ2) is 4.83. The largest absolute Gasteiger partial charge is 0.504 e. The average molecular weight is 284 g/mol. The number of thiocarbonyl (C=S) groups is 1. The fraction of sp³-hybridized carbons (Fsp3) is 0.100. The van der Waals surface area contributed by atoms with Crippen molar-refractivity contribution in [2.24, 2.45) is 5.10 Å². The van der Waals surface area contributed by atoms with Crippen LogP contribution in [0.4, 0.5) is 0 Å². The van der Waals surface area contributed by atoms with E-state index >= 15 is 0 Å². The number of phenols is 3. The van der Waals surface area contributed by atoms with E-state index in [1.54, 1.807) is 0 Å². The Hall–Kier alpha value is -1.80. The lowest BCUT2D eigenvalue weighted by Crippen LogP contribution is -2.22. The van der Waals surface area contributed by atoms with Gasteiger partial charge in [-0.15, -0.1) is 0 Å². The van der Waals surface area contributed by atoms with Crippen molar-refractivity contribution in [2.45, 2.75) is 0 Å². The quantitative estimate of drug-likeness (QED) is 0.426. The number of rotatable bonds is 2. The first-order valence-corrected chi connectivity index (χ1v) is 6.17. The van der Waals surface area contributed by atoms with E-state index in [0.29, 0.717) is 4.32 Å². The third kappa shape index (κ3) is 2.24. The normalized spacial score (nSPS) is 15.9. The molecule has 1 fully saturated rings. The molecule has 1 aliphatic rings. The molecule has 3 N–H and O–H groups in total. The zero-order valence-electron chi connectivity index (χ0n) is 8.90. The Kier molecular flexibility index (Phi) is 3.39. The second-order valence-electron chi connectivity index (χ2n) is 3.38. The maximum atomic E-state index is 11.4. The van der Waals surface area contributed by atoms with Crippen LogP contribution in [0.1, 0.15) is 5.56 Å². The summed E-state index contributed by atoms with van der Waals surface area (Å²) in [6.07, 6.45) is 1.19. The second-order valence-corrected chi connectivity index (χ2v) is 4.98. The highest BCUT2D eigenvalue weighted by Gasteiger charge is 2.26. The van der Waals surface area contributed by atoms with Crippen LogP contribution in [0.3, 0.4) is 0 Å². The summed E-state index contributed by atoms with van der Waals surface area (Å²) in [5, 5.41) is 32.9. The van der Waals surface area contributed by atoms with Crippen LogP contribution >= 0.6 is 24.0 Å². The molecule has 18 heavy (non-hydrogen) atoms. The van der Waals surface area contributed by atoms with Gasteiger partial charge < -0.3 is 15.3 Å². The van der Waals surface area contributed by atoms with Crippen LogP contribution in [0, 0.1) is 0 Å². The maximum Gasteiger partial charge on any atom is 0.259 e. The molecule has 0 unspecified atom stereocenters. The fourth-order valence-electron chi connectivity index (χ4n) is 1.27. The molecule has 0 spiro atoms.